The molecule has 0 radical (unpaired) electrons. The first-order valence-electron chi connectivity index (χ1n) is 5.16. The Balaban J connectivity index is 2.84. The Bertz CT molecular complexity index is 283. The molecular formula is C12H19NS. The van der Waals surface area contributed by atoms with Crippen LogP contribution < -0.4 is 5.73 Å². The average Bonchev–Trinajstić information content (AvgIpc) is 2.18. The molecule has 0 aliphatic carbocycles. The molecule has 1 rings (SSSR count). The third-order valence-corrected chi connectivity index (χ3v) is 3.67. The molecule has 14 heavy (non-hydrogen) atoms. The highest BCUT2D eigenvalue weighted by Crippen LogP contribution is 2.30. The van der Waals surface area contributed by atoms with Crippen LogP contribution in [-0.2, 0) is 0 Å². The van der Waals surface area contributed by atoms with Crippen molar-refractivity contribution in [1.29, 1.82) is 0 Å². The van der Waals surface area contributed by atoms with Gasteiger partial charge in [-0.15, -0.1) is 11.8 Å². The predicted molar refractivity (Wildman–Crippen MR) is 64.7 cm³/mol. The molecule has 0 saturated carbocycles. The minimum absolute atomic E-state index is 0.128. The van der Waals surface area contributed by atoms with Crippen molar-refractivity contribution < 1.29 is 0 Å². The van der Waals surface area contributed by atoms with Crippen molar-refractivity contribution in [1.82, 2.24) is 0 Å². The molecular weight excluding hydrogens is 190 g/mol. The Morgan fingerprint density at radius 3 is 2.50 bits per heavy atom. The summed E-state index contributed by atoms with van der Waals surface area (Å²) in [7, 11) is 0. The maximum Gasteiger partial charge on any atom is 0.0277 e. The third-order valence-electron chi connectivity index (χ3n) is 2.31. The van der Waals surface area contributed by atoms with Crippen molar-refractivity contribution in [3.63, 3.8) is 0 Å². The molecule has 1 unspecified atom stereocenters. The molecule has 2 N–H and O–H groups in total. The summed E-state index contributed by atoms with van der Waals surface area (Å²) in [5.41, 5.74) is 7.18. The minimum Gasteiger partial charge on any atom is -0.324 e. The van der Waals surface area contributed by atoms with Crippen LogP contribution in [0.1, 0.15) is 38.8 Å². The summed E-state index contributed by atoms with van der Waals surface area (Å²) in [5, 5.41) is 0.662. The monoisotopic (exact) mass is 209 g/mol. The van der Waals surface area contributed by atoms with Crippen molar-refractivity contribution >= 4 is 11.8 Å². The van der Waals surface area contributed by atoms with E-state index in [4.69, 9.17) is 5.73 Å². The van der Waals surface area contributed by atoms with Gasteiger partial charge in [0.25, 0.3) is 0 Å². The van der Waals surface area contributed by atoms with Gasteiger partial charge in [0, 0.05) is 16.2 Å². The number of thioether (sulfide) groups is 1. The van der Waals surface area contributed by atoms with E-state index >= 15 is 0 Å². The zero-order valence-corrected chi connectivity index (χ0v) is 9.97. The smallest absolute Gasteiger partial charge is 0.0277 e. The molecule has 0 heterocycles. The van der Waals surface area contributed by atoms with E-state index in [-0.39, 0.29) is 6.04 Å². The van der Waals surface area contributed by atoms with Crippen molar-refractivity contribution in [3.05, 3.63) is 29.8 Å². The average molecular weight is 209 g/mol. The molecule has 0 fully saturated rings. The largest absolute Gasteiger partial charge is 0.324 e. The van der Waals surface area contributed by atoms with Gasteiger partial charge in [0.05, 0.1) is 0 Å². The van der Waals surface area contributed by atoms with Gasteiger partial charge in [-0.3, -0.25) is 0 Å². The van der Waals surface area contributed by atoms with Gasteiger partial charge < -0.3 is 5.73 Å². The van der Waals surface area contributed by atoms with Gasteiger partial charge in [0.2, 0.25) is 0 Å². The SMILES string of the molecule is CCC(C)Sc1ccccc1[C@H](C)N. The molecule has 0 bridgehead atoms. The third kappa shape index (κ3) is 3.03. The molecule has 1 nitrogen and oxygen atoms in total. The molecule has 0 spiro atoms. The fourth-order valence-corrected chi connectivity index (χ4v) is 2.41. The van der Waals surface area contributed by atoms with Crippen LogP contribution in [0.3, 0.4) is 0 Å². The second kappa shape index (κ2) is 5.42. The summed E-state index contributed by atoms with van der Waals surface area (Å²) in [4.78, 5) is 1.33. The Labute approximate surface area is 91.1 Å². The van der Waals surface area contributed by atoms with E-state index in [1.54, 1.807) is 0 Å². The summed E-state index contributed by atoms with van der Waals surface area (Å²) in [6.45, 7) is 6.50. The summed E-state index contributed by atoms with van der Waals surface area (Å²) < 4.78 is 0. The normalized spacial score (nSPS) is 15.1. The number of hydrogen-bond acceptors (Lipinski definition) is 2. The Kier molecular flexibility index (Phi) is 4.49. The Morgan fingerprint density at radius 2 is 1.93 bits per heavy atom. The second-order valence-corrected chi connectivity index (χ2v) is 5.14. The van der Waals surface area contributed by atoms with Crippen molar-refractivity contribution in [2.75, 3.05) is 0 Å². The zero-order chi connectivity index (χ0) is 10.6. The zero-order valence-electron chi connectivity index (χ0n) is 9.16. The first-order valence-corrected chi connectivity index (χ1v) is 6.04. The summed E-state index contributed by atoms with van der Waals surface area (Å²) in [6.07, 6.45) is 1.19. The lowest BCUT2D eigenvalue weighted by atomic mass is 10.1. The van der Waals surface area contributed by atoms with Crippen LogP contribution in [-0.4, -0.2) is 5.25 Å². The van der Waals surface area contributed by atoms with Crippen LogP contribution >= 0.6 is 11.8 Å². The van der Waals surface area contributed by atoms with Crippen LogP contribution in [0.2, 0.25) is 0 Å². The first-order chi connectivity index (χ1) is 6.65. The van der Waals surface area contributed by atoms with Crippen LogP contribution in [0.4, 0.5) is 0 Å². The lowest BCUT2D eigenvalue weighted by molar-refractivity contribution is 0.795. The van der Waals surface area contributed by atoms with Crippen LogP contribution in [0.25, 0.3) is 0 Å². The summed E-state index contributed by atoms with van der Waals surface area (Å²) >= 11 is 1.92. The molecule has 0 aliphatic rings. The van der Waals surface area contributed by atoms with Crippen molar-refractivity contribution in [3.8, 4) is 0 Å². The van der Waals surface area contributed by atoms with Gasteiger partial charge in [-0.05, 0) is 25.0 Å². The highest BCUT2D eigenvalue weighted by atomic mass is 32.2. The van der Waals surface area contributed by atoms with E-state index in [9.17, 15) is 0 Å². The minimum atomic E-state index is 0.128. The van der Waals surface area contributed by atoms with E-state index in [1.165, 1.54) is 16.9 Å². The van der Waals surface area contributed by atoms with Crippen molar-refractivity contribution in [2.45, 2.75) is 43.4 Å². The van der Waals surface area contributed by atoms with E-state index < -0.39 is 0 Å². The predicted octanol–water partition coefficient (Wildman–Crippen LogP) is 3.60. The molecule has 2 atom stereocenters. The van der Waals surface area contributed by atoms with E-state index in [1.807, 2.05) is 18.7 Å². The maximum absolute atomic E-state index is 5.92. The fraction of sp³-hybridized carbons (Fsp3) is 0.500. The topological polar surface area (TPSA) is 26.0 Å². The van der Waals surface area contributed by atoms with Gasteiger partial charge >= 0.3 is 0 Å². The van der Waals surface area contributed by atoms with Gasteiger partial charge in [0.1, 0.15) is 0 Å². The van der Waals surface area contributed by atoms with Gasteiger partial charge in [0.15, 0.2) is 0 Å². The molecule has 0 saturated heterocycles. The summed E-state index contributed by atoms with van der Waals surface area (Å²) in [6, 6.07) is 8.55. The summed E-state index contributed by atoms with van der Waals surface area (Å²) in [5.74, 6) is 0. The van der Waals surface area contributed by atoms with E-state index in [2.05, 4.69) is 38.1 Å². The van der Waals surface area contributed by atoms with Gasteiger partial charge in [-0.1, -0.05) is 32.0 Å². The second-order valence-electron chi connectivity index (χ2n) is 3.66. The molecule has 78 valence electrons. The van der Waals surface area contributed by atoms with Crippen LogP contribution in [0.15, 0.2) is 29.2 Å². The first kappa shape index (κ1) is 11.6. The quantitative estimate of drug-likeness (QED) is 0.767. The molecule has 0 aliphatic heterocycles. The molecule has 1 aromatic rings. The van der Waals surface area contributed by atoms with E-state index in [0.29, 0.717) is 5.25 Å². The van der Waals surface area contributed by atoms with Crippen molar-refractivity contribution in [2.24, 2.45) is 5.73 Å². The lowest BCUT2D eigenvalue weighted by Crippen LogP contribution is -2.07. The number of nitrogens with two attached hydrogens (primary N) is 1. The van der Waals surface area contributed by atoms with Gasteiger partial charge in [-0.2, -0.15) is 0 Å². The highest BCUT2D eigenvalue weighted by Gasteiger charge is 2.08. The van der Waals surface area contributed by atoms with E-state index in [0.717, 1.165) is 0 Å². The standard InChI is InChI=1S/C12H19NS/c1-4-9(2)14-12-8-6-5-7-11(12)10(3)13/h5-10H,4,13H2,1-3H3/t9?,10-/m0/s1. The Hall–Kier alpha value is -0.470. The molecule has 1 aromatic carbocycles. The van der Waals surface area contributed by atoms with Crippen LogP contribution in [0.5, 0.6) is 0 Å². The lowest BCUT2D eigenvalue weighted by Gasteiger charge is -2.14. The number of rotatable bonds is 4. The van der Waals surface area contributed by atoms with Crippen LogP contribution in [0, 0.1) is 0 Å². The molecule has 2 heteroatoms. The van der Waals surface area contributed by atoms with Gasteiger partial charge in [-0.25, -0.2) is 0 Å². The number of benzene rings is 1. The molecule has 0 amide bonds. The highest BCUT2D eigenvalue weighted by molar-refractivity contribution is 8.00. The number of hydrogen-bond donors (Lipinski definition) is 1. The maximum atomic E-state index is 5.92. The molecule has 0 aromatic heterocycles. The Morgan fingerprint density at radius 1 is 1.29 bits per heavy atom. The fourth-order valence-electron chi connectivity index (χ4n) is 1.26.